The number of halogens is 1. The molecule has 1 aliphatic heterocycles. The summed E-state index contributed by atoms with van der Waals surface area (Å²) in [7, 11) is 0. The van der Waals surface area contributed by atoms with Crippen LogP contribution in [0.5, 0.6) is 0 Å². The molecule has 9 heteroatoms. The average Bonchev–Trinajstić information content (AvgIpc) is 2.89. The summed E-state index contributed by atoms with van der Waals surface area (Å²) in [6.45, 7) is 0.473. The summed E-state index contributed by atoms with van der Waals surface area (Å²) in [5, 5.41) is 11.1. The first-order valence-corrected chi connectivity index (χ1v) is 6.14. The molecular formula is C12H11FN6O2. The zero-order valence-electron chi connectivity index (χ0n) is 10.8. The number of hydrogen-bond donors (Lipinski definition) is 2. The van der Waals surface area contributed by atoms with Gasteiger partial charge in [0.15, 0.2) is 0 Å². The predicted molar refractivity (Wildman–Crippen MR) is 73.6 cm³/mol. The van der Waals surface area contributed by atoms with E-state index < -0.39 is 10.7 Å². The summed E-state index contributed by atoms with van der Waals surface area (Å²) in [4.78, 5) is 19.9. The Labute approximate surface area is 118 Å². The number of nitrogen functional groups attached to an aromatic ring is 1. The Hall–Kier alpha value is -2.81. The predicted octanol–water partition coefficient (Wildman–Crippen LogP) is 1.50. The van der Waals surface area contributed by atoms with E-state index in [9.17, 15) is 14.5 Å². The van der Waals surface area contributed by atoms with Gasteiger partial charge in [0.05, 0.1) is 4.92 Å². The minimum absolute atomic E-state index is 0.0560. The van der Waals surface area contributed by atoms with Gasteiger partial charge in [0.1, 0.15) is 12.0 Å². The van der Waals surface area contributed by atoms with Gasteiger partial charge in [0, 0.05) is 12.2 Å². The van der Waals surface area contributed by atoms with Crippen LogP contribution in [0, 0.1) is 15.9 Å². The number of benzene rings is 1. The van der Waals surface area contributed by atoms with Gasteiger partial charge in [-0.05, 0) is 24.1 Å². The summed E-state index contributed by atoms with van der Waals surface area (Å²) in [6, 6.07) is 4.37. The van der Waals surface area contributed by atoms with Crippen molar-refractivity contribution in [1.29, 1.82) is 0 Å². The van der Waals surface area contributed by atoms with Crippen LogP contribution in [0.1, 0.15) is 5.56 Å². The van der Waals surface area contributed by atoms with Crippen molar-refractivity contribution >= 4 is 23.1 Å². The van der Waals surface area contributed by atoms with Crippen LogP contribution in [0.2, 0.25) is 0 Å². The van der Waals surface area contributed by atoms with Crippen LogP contribution in [-0.4, -0.2) is 21.4 Å². The molecule has 0 bridgehead atoms. The maximum Gasteiger partial charge on any atom is 0.330 e. The number of hydrogen-bond acceptors (Lipinski definition) is 7. The molecule has 3 rings (SSSR count). The van der Waals surface area contributed by atoms with E-state index in [4.69, 9.17) is 5.84 Å². The number of nitrogens with one attached hydrogen (secondary N) is 1. The van der Waals surface area contributed by atoms with Crippen molar-refractivity contribution in [2.24, 2.45) is 5.84 Å². The van der Waals surface area contributed by atoms with Crippen molar-refractivity contribution in [3.63, 3.8) is 0 Å². The minimum atomic E-state index is -0.576. The largest absolute Gasteiger partial charge is 0.330 e. The van der Waals surface area contributed by atoms with E-state index in [2.05, 4.69) is 15.4 Å². The molecule has 1 aromatic heterocycles. The van der Waals surface area contributed by atoms with E-state index >= 15 is 0 Å². The van der Waals surface area contributed by atoms with Crippen LogP contribution in [0.3, 0.4) is 0 Å². The fraction of sp³-hybridized carbons (Fsp3) is 0.167. The van der Waals surface area contributed by atoms with Crippen LogP contribution < -0.4 is 16.2 Å². The standard InChI is InChI=1S/C12H11FN6O2/c13-8-2-1-7-3-4-18(9(7)5-8)11-10(19(20)21)6-15-12(16-11)17-14/h1-2,5-6H,3-4,14H2,(H,15,16,17). The molecular weight excluding hydrogens is 279 g/mol. The molecule has 1 aromatic carbocycles. The van der Waals surface area contributed by atoms with Crippen molar-refractivity contribution in [2.45, 2.75) is 6.42 Å². The van der Waals surface area contributed by atoms with Crippen LogP contribution in [0.4, 0.5) is 27.5 Å². The number of nitrogens with zero attached hydrogens (tertiary/aromatic N) is 4. The number of aromatic nitrogens is 2. The Bertz CT molecular complexity index is 723. The highest BCUT2D eigenvalue weighted by Gasteiger charge is 2.29. The van der Waals surface area contributed by atoms with Gasteiger partial charge in [-0.2, -0.15) is 4.98 Å². The van der Waals surface area contributed by atoms with E-state index in [1.165, 1.54) is 12.1 Å². The van der Waals surface area contributed by atoms with Crippen molar-refractivity contribution in [2.75, 3.05) is 16.9 Å². The molecule has 108 valence electrons. The third-order valence-corrected chi connectivity index (χ3v) is 3.27. The maximum atomic E-state index is 13.4. The quantitative estimate of drug-likeness (QED) is 0.500. The summed E-state index contributed by atoms with van der Waals surface area (Å²) in [5.74, 6) is 4.98. The maximum absolute atomic E-state index is 13.4. The molecule has 2 aromatic rings. The topological polar surface area (TPSA) is 110 Å². The number of nitro groups is 1. The van der Waals surface area contributed by atoms with Crippen LogP contribution in [-0.2, 0) is 6.42 Å². The van der Waals surface area contributed by atoms with Crippen molar-refractivity contribution < 1.29 is 9.31 Å². The van der Waals surface area contributed by atoms with Crippen molar-refractivity contribution in [1.82, 2.24) is 9.97 Å². The highest BCUT2D eigenvalue weighted by molar-refractivity contribution is 5.73. The Morgan fingerprint density at radius 1 is 1.48 bits per heavy atom. The normalized spacial score (nSPS) is 13.1. The SMILES string of the molecule is NNc1ncc([N+](=O)[O-])c(N2CCc3ccc(F)cc32)n1. The zero-order valence-corrected chi connectivity index (χ0v) is 10.8. The van der Waals surface area contributed by atoms with Gasteiger partial charge in [-0.1, -0.05) is 6.07 Å². The monoisotopic (exact) mass is 290 g/mol. The second-order valence-corrected chi connectivity index (χ2v) is 4.48. The highest BCUT2D eigenvalue weighted by Crippen LogP contribution is 2.38. The van der Waals surface area contributed by atoms with Gasteiger partial charge < -0.3 is 4.90 Å². The molecule has 0 fully saturated rings. The molecule has 0 amide bonds. The lowest BCUT2D eigenvalue weighted by molar-refractivity contribution is -0.384. The first kappa shape index (κ1) is 13.2. The molecule has 0 atom stereocenters. The van der Waals surface area contributed by atoms with Gasteiger partial charge in [-0.15, -0.1) is 0 Å². The first-order valence-electron chi connectivity index (χ1n) is 6.14. The van der Waals surface area contributed by atoms with Gasteiger partial charge in [0.25, 0.3) is 0 Å². The lowest BCUT2D eigenvalue weighted by Crippen LogP contribution is -2.19. The third-order valence-electron chi connectivity index (χ3n) is 3.27. The summed E-state index contributed by atoms with van der Waals surface area (Å²) in [5.41, 5.74) is 3.47. The average molecular weight is 290 g/mol. The molecule has 3 N–H and O–H groups in total. The van der Waals surface area contributed by atoms with Crippen LogP contribution in [0.25, 0.3) is 0 Å². The molecule has 1 aliphatic rings. The summed E-state index contributed by atoms with van der Waals surface area (Å²) >= 11 is 0. The molecule has 0 radical (unpaired) electrons. The molecule has 0 saturated heterocycles. The Morgan fingerprint density at radius 2 is 2.29 bits per heavy atom. The molecule has 8 nitrogen and oxygen atoms in total. The number of hydrazine groups is 1. The fourth-order valence-electron chi connectivity index (χ4n) is 2.34. The number of nitrogens with two attached hydrogens (primary N) is 1. The van der Waals surface area contributed by atoms with E-state index in [0.29, 0.717) is 18.7 Å². The minimum Gasteiger partial charge on any atom is -0.320 e. The molecule has 0 unspecified atom stereocenters. The van der Waals surface area contributed by atoms with Gasteiger partial charge in [0.2, 0.25) is 11.8 Å². The smallest absolute Gasteiger partial charge is 0.320 e. The second-order valence-electron chi connectivity index (χ2n) is 4.48. The number of anilines is 3. The van der Waals surface area contributed by atoms with Crippen molar-refractivity contribution in [3.05, 3.63) is 45.9 Å². The molecule has 21 heavy (non-hydrogen) atoms. The van der Waals surface area contributed by atoms with Crippen LogP contribution in [0.15, 0.2) is 24.4 Å². The molecule has 0 aliphatic carbocycles. The molecule has 0 saturated carbocycles. The number of fused-ring (bicyclic) bond motifs is 1. The lowest BCUT2D eigenvalue weighted by atomic mass is 10.2. The van der Waals surface area contributed by atoms with E-state index in [1.54, 1.807) is 11.0 Å². The summed E-state index contributed by atoms with van der Waals surface area (Å²) in [6.07, 6.45) is 1.73. The summed E-state index contributed by atoms with van der Waals surface area (Å²) < 4.78 is 13.4. The van der Waals surface area contributed by atoms with Gasteiger partial charge in [-0.25, -0.2) is 15.2 Å². The van der Waals surface area contributed by atoms with Crippen molar-refractivity contribution in [3.8, 4) is 0 Å². The van der Waals surface area contributed by atoms with E-state index in [0.717, 1.165) is 11.8 Å². The zero-order chi connectivity index (χ0) is 15.0. The Kier molecular flexibility index (Phi) is 3.10. The van der Waals surface area contributed by atoms with Gasteiger partial charge in [-0.3, -0.25) is 15.5 Å². The Balaban J connectivity index is 2.14. The van der Waals surface area contributed by atoms with Gasteiger partial charge >= 0.3 is 5.69 Å². The molecule has 2 heterocycles. The highest BCUT2D eigenvalue weighted by atomic mass is 19.1. The van der Waals surface area contributed by atoms with E-state index in [1.807, 2.05) is 0 Å². The molecule has 0 spiro atoms. The van der Waals surface area contributed by atoms with E-state index in [-0.39, 0.29) is 17.5 Å². The fourth-order valence-corrected chi connectivity index (χ4v) is 2.34. The third kappa shape index (κ3) is 2.23. The first-order chi connectivity index (χ1) is 10.1. The Morgan fingerprint density at radius 3 is 3.00 bits per heavy atom. The second kappa shape index (κ2) is 4.94. The van der Waals surface area contributed by atoms with Crippen LogP contribution >= 0.6 is 0 Å². The lowest BCUT2D eigenvalue weighted by Gasteiger charge is -2.18. The number of rotatable bonds is 3.